The van der Waals surface area contributed by atoms with Crippen LogP contribution in [0.3, 0.4) is 0 Å². The largest absolute Gasteiger partial charge is 0.464 e. The van der Waals surface area contributed by atoms with E-state index in [0.29, 0.717) is 6.42 Å². The summed E-state index contributed by atoms with van der Waals surface area (Å²) in [5.74, 6) is 1.77. The molecule has 0 spiro atoms. The lowest BCUT2D eigenvalue weighted by atomic mass is 10.1. The van der Waals surface area contributed by atoms with E-state index in [1.807, 2.05) is 25.4 Å². The number of hydrogen-bond donors (Lipinski definition) is 1. The van der Waals surface area contributed by atoms with Crippen LogP contribution in [0.25, 0.3) is 0 Å². The number of aromatic nitrogens is 3. The van der Waals surface area contributed by atoms with Gasteiger partial charge in [-0.2, -0.15) is 0 Å². The maximum atomic E-state index is 6.03. The molecule has 2 aromatic rings. The SMILES string of the molecule is CCc1ccc(C(N)Cc2cn(C)nn2)o1. The molecule has 2 heterocycles. The van der Waals surface area contributed by atoms with E-state index < -0.39 is 0 Å². The molecule has 0 amide bonds. The van der Waals surface area contributed by atoms with Crippen molar-refractivity contribution < 1.29 is 4.42 Å². The monoisotopic (exact) mass is 220 g/mol. The molecule has 0 bridgehead atoms. The van der Waals surface area contributed by atoms with Crippen molar-refractivity contribution in [3.63, 3.8) is 0 Å². The zero-order chi connectivity index (χ0) is 11.5. The van der Waals surface area contributed by atoms with Crippen LogP contribution in [0.5, 0.6) is 0 Å². The predicted molar refractivity (Wildman–Crippen MR) is 59.7 cm³/mol. The van der Waals surface area contributed by atoms with Gasteiger partial charge in [0.05, 0.1) is 11.7 Å². The van der Waals surface area contributed by atoms with Crippen molar-refractivity contribution in [3.05, 3.63) is 35.5 Å². The Labute approximate surface area is 94.2 Å². The molecule has 0 aliphatic carbocycles. The molecule has 86 valence electrons. The van der Waals surface area contributed by atoms with E-state index in [1.165, 1.54) is 0 Å². The molecule has 2 N–H and O–H groups in total. The quantitative estimate of drug-likeness (QED) is 0.840. The molecule has 0 aromatic carbocycles. The lowest BCUT2D eigenvalue weighted by Crippen LogP contribution is -2.12. The molecular weight excluding hydrogens is 204 g/mol. The average Bonchev–Trinajstić information content (AvgIpc) is 2.87. The smallest absolute Gasteiger partial charge is 0.121 e. The van der Waals surface area contributed by atoms with Crippen LogP contribution in [-0.2, 0) is 19.9 Å². The lowest BCUT2D eigenvalue weighted by Gasteiger charge is -2.05. The van der Waals surface area contributed by atoms with E-state index in [0.717, 1.165) is 23.6 Å². The molecule has 16 heavy (non-hydrogen) atoms. The second-order valence-corrected chi connectivity index (χ2v) is 3.85. The van der Waals surface area contributed by atoms with Gasteiger partial charge < -0.3 is 10.2 Å². The Morgan fingerprint density at radius 1 is 1.50 bits per heavy atom. The van der Waals surface area contributed by atoms with Crippen molar-refractivity contribution in [1.29, 1.82) is 0 Å². The third kappa shape index (κ3) is 2.30. The minimum Gasteiger partial charge on any atom is -0.464 e. The number of nitrogens with two attached hydrogens (primary N) is 1. The molecule has 0 saturated carbocycles. The van der Waals surface area contributed by atoms with Gasteiger partial charge in [-0.15, -0.1) is 5.10 Å². The maximum absolute atomic E-state index is 6.03. The van der Waals surface area contributed by atoms with Crippen LogP contribution < -0.4 is 5.73 Å². The van der Waals surface area contributed by atoms with Gasteiger partial charge in [0.2, 0.25) is 0 Å². The minimum absolute atomic E-state index is 0.156. The highest BCUT2D eigenvalue weighted by Crippen LogP contribution is 2.18. The fraction of sp³-hybridized carbons (Fsp3) is 0.455. The average molecular weight is 220 g/mol. The summed E-state index contributed by atoms with van der Waals surface area (Å²) >= 11 is 0. The van der Waals surface area contributed by atoms with Gasteiger partial charge >= 0.3 is 0 Å². The Bertz CT molecular complexity index is 460. The molecular formula is C11H16N4O. The second-order valence-electron chi connectivity index (χ2n) is 3.85. The van der Waals surface area contributed by atoms with Crippen LogP contribution in [0.4, 0.5) is 0 Å². The van der Waals surface area contributed by atoms with Crippen molar-refractivity contribution in [2.24, 2.45) is 12.8 Å². The number of rotatable bonds is 4. The first-order valence-corrected chi connectivity index (χ1v) is 5.38. The van der Waals surface area contributed by atoms with Crippen LogP contribution >= 0.6 is 0 Å². The van der Waals surface area contributed by atoms with Crippen molar-refractivity contribution in [2.75, 3.05) is 0 Å². The van der Waals surface area contributed by atoms with Crippen LogP contribution in [0.2, 0.25) is 0 Å². The first-order chi connectivity index (χ1) is 7.69. The molecule has 0 aliphatic heterocycles. The second kappa shape index (κ2) is 4.49. The summed E-state index contributed by atoms with van der Waals surface area (Å²) in [6.45, 7) is 2.05. The van der Waals surface area contributed by atoms with Gasteiger partial charge in [-0.3, -0.25) is 4.68 Å². The van der Waals surface area contributed by atoms with Gasteiger partial charge in [0.15, 0.2) is 0 Å². The Hall–Kier alpha value is -1.62. The molecule has 1 atom stereocenters. The van der Waals surface area contributed by atoms with Crippen molar-refractivity contribution >= 4 is 0 Å². The third-order valence-corrected chi connectivity index (χ3v) is 2.48. The summed E-state index contributed by atoms with van der Waals surface area (Å²) in [4.78, 5) is 0. The molecule has 0 radical (unpaired) electrons. The van der Waals surface area contributed by atoms with Crippen molar-refractivity contribution in [2.45, 2.75) is 25.8 Å². The standard InChI is InChI=1S/C11H16N4O/c1-3-9-4-5-11(16-9)10(12)6-8-7-15(2)14-13-8/h4-5,7,10H,3,6,12H2,1-2H3. The molecule has 0 aliphatic rings. The highest BCUT2D eigenvalue weighted by Gasteiger charge is 2.13. The van der Waals surface area contributed by atoms with E-state index in [2.05, 4.69) is 17.2 Å². The number of aryl methyl sites for hydroxylation is 2. The summed E-state index contributed by atoms with van der Waals surface area (Å²) in [6, 6.07) is 3.74. The van der Waals surface area contributed by atoms with E-state index >= 15 is 0 Å². The summed E-state index contributed by atoms with van der Waals surface area (Å²) < 4.78 is 7.26. The molecule has 0 saturated heterocycles. The third-order valence-electron chi connectivity index (χ3n) is 2.48. The summed E-state index contributed by atoms with van der Waals surface area (Å²) in [6.07, 6.45) is 3.39. The molecule has 0 fully saturated rings. The highest BCUT2D eigenvalue weighted by molar-refractivity contribution is 5.12. The normalized spacial score (nSPS) is 12.9. The van der Waals surface area contributed by atoms with Gasteiger partial charge in [0.1, 0.15) is 11.5 Å². The summed E-state index contributed by atoms with van der Waals surface area (Å²) in [5.41, 5.74) is 6.91. The number of hydrogen-bond acceptors (Lipinski definition) is 4. The summed E-state index contributed by atoms with van der Waals surface area (Å²) in [5, 5.41) is 7.86. The van der Waals surface area contributed by atoms with Crippen molar-refractivity contribution in [1.82, 2.24) is 15.0 Å². The highest BCUT2D eigenvalue weighted by atomic mass is 16.3. The molecule has 1 unspecified atom stereocenters. The zero-order valence-corrected chi connectivity index (χ0v) is 9.55. The van der Waals surface area contributed by atoms with Crippen LogP contribution in [0.1, 0.15) is 30.2 Å². The van der Waals surface area contributed by atoms with Gasteiger partial charge in [0, 0.05) is 26.1 Å². The van der Waals surface area contributed by atoms with Crippen molar-refractivity contribution in [3.8, 4) is 0 Å². The lowest BCUT2D eigenvalue weighted by molar-refractivity contribution is 0.433. The predicted octanol–water partition coefficient (Wildman–Crippen LogP) is 1.21. The maximum Gasteiger partial charge on any atom is 0.121 e. The Kier molecular flexibility index (Phi) is 3.05. The van der Waals surface area contributed by atoms with Gasteiger partial charge in [-0.05, 0) is 12.1 Å². The fourth-order valence-electron chi connectivity index (χ4n) is 1.60. The van der Waals surface area contributed by atoms with Crippen LogP contribution in [-0.4, -0.2) is 15.0 Å². The fourth-order valence-corrected chi connectivity index (χ4v) is 1.60. The van der Waals surface area contributed by atoms with Gasteiger partial charge in [-0.1, -0.05) is 12.1 Å². The molecule has 5 nitrogen and oxygen atoms in total. The van der Waals surface area contributed by atoms with E-state index in [1.54, 1.807) is 4.68 Å². The van der Waals surface area contributed by atoms with E-state index in [4.69, 9.17) is 10.2 Å². The van der Waals surface area contributed by atoms with Crippen LogP contribution in [0.15, 0.2) is 22.7 Å². The topological polar surface area (TPSA) is 69.9 Å². The number of furan rings is 1. The van der Waals surface area contributed by atoms with E-state index in [9.17, 15) is 0 Å². The molecule has 5 heteroatoms. The zero-order valence-electron chi connectivity index (χ0n) is 9.55. The molecule has 2 rings (SSSR count). The first-order valence-electron chi connectivity index (χ1n) is 5.38. The summed E-state index contributed by atoms with van der Waals surface area (Å²) in [7, 11) is 1.84. The minimum atomic E-state index is -0.156. The van der Waals surface area contributed by atoms with E-state index in [-0.39, 0.29) is 6.04 Å². The first kappa shape index (κ1) is 10.9. The van der Waals surface area contributed by atoms with Gasteiger partial charge in [-0.25, -0.2) is 0 Å². The Balaban J connectivity index is 2.05. The molecule has 2 aromatic heterocycles. The van der Waals surface area contributed by atoms with Crippen LogP contribution in [0, 0.1) is 0 Å². The Morgan fingerprint density at radius 3 is 2.88 bits per heavy atom. The Morgan fingerprint density at radius 2 is 2.31 bits per heavy atom. The van der Waals surface area contributed by atoms with Gasteiger partial charge in [0.25, 0.3) is 0 Å². The number of nitrogens with zero attached hydrogens (tertiary/aromatic N) is 3.